The summed E-state index contributed by atoms with van der Waals surface area (Å²) in [5, 5.41) is 3.01. The van der Waals surface area contributed by atoms with Crippen LogP contribution in [0, 0.1) is 18.6 Å². The Labute approximate surface area is 223 Å². The van der Waals surface area contributed by atoms with Gasteiger partial charge in [-0.3, -0.25) is 4.79 Å². The molecule has 3 aromatic rings. The van der Waals surface area contributed by atoms with Crippen molar-refractivity contribution in [1.29, 1.82) is 0 Å². The molecule has 1 fully saturated rings. The van der Waals surface area contributed by atoms with E-state index in [2.05, 4.69) is 15.3 Å². The first-order valence-electron chi connectivity index (χ1n) is 12.7. The summed E-state index contributed by atoms with van der Waals surface area (Å²) in [7, 11) is 0. The van der Waals surface area contributed by atoms with Gasteiger partial charge in [0, 0.05) is 42.7 Å². The Morgan fingerprint density at radius 3 is 2.31 bits per heavy atom. The molecule has 6 nitrogen and oxygen atoms in total. The van der Waals surface area contributed by atoms with Gasteiger partial charge < -0.3 is 10.2 Å². The number of alkyl halides is 3. The quantitative estimate of drug-likeness (QED) is 0.378. The number of carbonyl (C=O) groups is 1. The number of halogens is 5. The highest BCUT2D eigenvalue weighted by Crippen LogP contribution is 2.35. The summed E-state index contributed by atoms with van der Waals surface area (Å²) >= 11 is 0. The van der Waals surface area contributed by atoms with Crippen LogP contribution in [0.15, 0.2) is 42.6 Å². The Morgan fingerprint density at radius 1 is 1.03 bits per heavy atom. The number of pyridine rings is 1. The molecule has 4 rings (SSSR count). The fourth-order valence-electron chi connectivity index (χ4n) is 4.78. The average molecular weight is 548 g/mol. The molecule has 0 spiro atoms. The second-order valence-corrected chi connectivity index (χ2v) is 10.4. The molecule has 1 saturated heterocycles. The van der Waals surface area contributed by atoms with E-state index in [1.54, 1.807) is 18.0 Å². The number of benzene rings is 1. The topological polar surface area (TPSA) is 71.0 Å². The van der Waals surface area contributed by atoms with Crippen LogP contribution in [0.25, 0.3) is 0 Å². The molecule has 1 aliphatic heterocycles. The van der Waals surface area contributed by atoms with Gasteiger partial charge in [-0.1, -0.05) is 26.0 Å². The van der Waals surface area contributed by atoms with Crippen molar-refractivity contribution < 1.29 is 26.7 Å². The number of likely N-dealkylation sites (tertiary alicyclic amines) is 1. The zero-order valence-corrected chi connectivity index (χ0v) is 21.9. The maximum atomic E-state index is 14.0. The lowest BCUT2D eigenvalue weighted by atomic mass is 9.79. The standard InChI is InChI=1S/C28H30F5N5O/c1-17-34-15-20(27(2,3)16-35-24-9-5-8-23(37-24)28(31,32)33)26(36-17)18-10-12-38(13-11-18)25(39)14-19-21(29)6-4-7-22(19)30/h4-9,15,18H,10-14,16H2,1-3H3,(H,35,37). The van der Waals surface area contributed by atoms with Gasteiger partial charge in [-0.2, -0.15) is 13.2 Å². The summed E-state index contributed by atoms with van der Waals surface area (Å²) in [5.41, 5.74) is -0.0789. The maximum Gasteiger partial charge on any atom is 0.433 e. The summed E-state index contributed by atoms with van der Waals surface area (Å²) in [5.74, 6) is -1.10. The summed E-state index contributed by atoms with van der Waals surface area (Å²) < 4.78 is 67.2. The van der Waals surface area contributed by atoms with E-state index in [4.69, 9.17) is 4.98 Å². The third-order valence-electron chi connectivity index (χ3n) is 7.04. The van der Waals surface area contributed by atoms with Crippen LogP contribution in [-0.2, 0) is 22.8 Å². The molecule has 1 N–H and O–H groups in total. The lowest BCUT2D eigenvalue weighted by Crippen LogP contribution is -2.40. The number of aryl methyl sites for hydroxylation is 1. The van der Waals surface area contributed by atoms with Crippen molar-refractivity contribution in [1.82, 2.24) is 19.9 Å². The Hall–Kier alpha value is -3.63. The minimum atomic E-state index is -4.54. The molecule has 208 valence electrons. The van der Waals surface area contributed by atoms with Gasteiger partial charge in [-0.05, 0) is 49.6 Å². The fraction of sp³-hybridized carbons (Fsp3) is 0.429. The lowest BCUT2D eigenvalue weighted by Gasteiger charge is -2.35. The molecule has 1 aromatic carbocycles. The number of rotatable bonds is 7. The lowest BCUT2D eigenvalue weighted by molar-refractivity contribution is -0.141. The monoisotopic (exact) mass is 547 g/mol. The first-order chi connectivity index (χ1) is 18.3. The number of piperidine rings is 1. The van der Waals surface area contributed by atoms with Crippen LogP contribution in [0.5, 0.6) is 0 Å². The van der Waals surface area contributed by atoms with Gasteiger partial charge in [0.05, 0.1) is 12.1 Å². The highest BCUT2D eigenvalue weighted by Gasteiger charge is 2.34. The highest BCUT2D eigenvalue weighted by molar-refractivity contribution is 5.79. The van der Waals surface area contributed by atoms with Crippen LogP contribution in [0.1, 0.15) is 60.9 Å². The van der Waals surface area contributed by atoms with E-state index in [0.29, 0.717) is 31.8 Å². The van der Waals surface area contributed by atoms with Gasteiger partial charge in [0.25, 0.3) is 0 Å². The Bertz CT molecular complexity index is 1320. The van der Waals surface area contributed by atoms with E-state index in [1.165, 1.54) is 18.2 Å². The molecule has 0 bridgehead atoms. The predicted molar refractivity (Wildman–Crippen MR) is 136 cm³/mol. The molecular formula is C28H30F5N5O. The molecule has 2 aromatic heterocycles. The van der Waals surface area contributed by atoms with Crippen LogP contribution < -0.4 is 5.32 Å². The molecule has 0 unspecified atom stereocenters. The van der Waals surface area contributed by atoms with Gasteiger partial charge in [0.1, 0.15) is 29.0 Å². The van der Waals surface area contributed by atoms with Gasteiger partial charge in [-0.15, -0.1) is 0 Å². The summed E-state index contributed by atoms with van der Waals surface area (Å²) in [6.45, 7) is 6.79. The number of nitrogens with zero attached hydrogens (tertiary/aromatic N) is 4. The molecule has 0 atom stereocenters. The first kappa shape index (κ1) is 28.4. The largest absolute Gasteiger partial charge is 0.433 e. The van der Waals surface area contributed by atoms with E-state index >= 15 is 0 Å². The fourth-order valence-corrected chi connectivity index (χ4v) is 4.78. The van der Waals surface area contributed by atoms with Gasteiger partial charge in [0.2, 0.25) is 5.91 Å². The van der Waals surface area contributed by atoms with Crippen LogP contribution in [-0.4, -0.2) is 45.4 Å². The summed E-state index contributed by atoms with van der Waals surface area (Å²) in [4.78, 5) is 27.2. The van der Waals surface area contributed by atoms with E-state index in [1.807, 2.05) is 13.8 Å². The number of hydrogen-bond donors (Lipinski definition) is 1. The molecule has 39 heavy (non-hydrogen) atoms. The molecule has 0 saturated carbocycles. The Morgan fingerprint density at radius 2 is 1.67 bits per heavy atom. The first-order valence-corrected chi connectivity index (χ1v) is 12.7. The Kier molecular flexibility index (Phi) is 8.17. The van der Waals surface area contributed by atoms with Crippen molar-refractivity contribution in [2.75, 3.05) is 25.0 Å². The van der Waals surface area contributed by atoms with Gasteiger partial charge in [-0.25, -0.2) is 23.7 Å². The van der Waals surface area contributed by atoms with Crippen molar-refractivity contribution in [2.45, 2.75) is 57.5 Å². The number of anilines is 1. The highest BCUT2D eigenvalue weighted by atomic mass is 19.4. The molecule has 3 heterocycles. The Balaban J connectivity index is 1.45. The normalized spacial score (nSPS) is 14.9. The van der Waals surface area contributed by atoms with Crippen molar-refractivity contribution in [3.05, 3.63) is 82.6 Å². The van der Waals surface area contributed by atoms with Crippen LogP contribution in [0.4, 0.5) is 27.8 Å². The number of aromatic nitrogens is 3. The number of nitrogens with one attached hydrogen (secondary N) is 1. The van der Waals surface area contributed by atoms with E-state index in [-0.39, 0.29) is 36.2 Å². The molecule has 1 aliphatic rings. The number of hydrogen-bond acceptors (Lipinski definition) is 5. The summed E-state index contributed by atoms with van der Waals surface area (Å²) in [6, 6.07) is 7.25. The van der Waals surface area contributed by atoms with Crippen molar-refractivity contribution in [3.8, 4) is 0 Å². The molecule has 0 aliphatic carbocycles. The molecule has 1 amide bonds. The SMILES string of the molecule is Cc1ncc(C(C)(C)CNc2cccc(C(F)(F)F)n2)c(C2CCN(C(=O)Cc3c(F)cccc3F)CC2)n1. The minimum Gasteiger partial charge on any atom is -0.369 e. The minimum absolute atomic E-state index is 0.0157. The average Bonchev–Trinajstić information content (AvgIpc) is 2.89. The zero-order valence-electron chi connectivity index (χ0n) is 21.9. The maximum absolute atomic E-state index is 14.0. The molecular weight excluding hydrogens is 517 g/mol. The van der Waals surface area contributed by atoms with Gasteiger partial charge >= 0.3 is 6.18 Å². The predicted octanol–water partition coefficient (Wildman–Crippen LogP) is 5.82. The van der Waals surface area contributed by atoms with Crippen LogP contribution in [0.2, 0.25) is 0 Å². The smallest absolute Gasteiger partial charge is 0.369 e. The van der Waals surface area contributed by atoms with Gasteiger partial charge in [0.15, 0.2) is 0 Å². The van der Waals surface area contributed by atoms with E-state index < -0.39 is 28.9 Å². The van der Waals surface area contributed by atoms with E-state index in [9.17, 15) is 26.7 Å². The van der Waals surface area contributed by atoms with E-state index in [0.717, 1.165) is 29.5 Å². The van der Waals surface area contributed by atoms with Crippen molar-refractivity contribution >= 4 is 11.7 Å². The third kappa shape index (κ3) is 6.69. The second-order valence-electron chi connectivity index (χ2n) is 10.4. The third-order valence-corrected chi connectivity index (χ3v) is 7.04. The molecule has 11 heteroatoms. The van der Waals surface area contributed by atoms with Crippen LogP contribution >= 0.6 is 0 Å². The molecule has 0 radical (unpaired) electrons. The van der Waals surface area contributed by atoms with Crippen molar-refractivity contribution in [3.63, 3.8) is 0 Å². The summed E-state index contributed by atoms with van der Waals surface area (Å²) in [6.07, 6.45) is -1.92. The number of amides is 1. The number of carbonyl (C=O) groups excluding carboxylic acids is 1. The second kappa shape index (κ2) is 11.2. The van der Waals surface area contributed by atoms with Crippen LogP contribution in [0.3, 0.4) is 0 Å². The van der Waals surface area contributed by atoms with Crippen molar-refractivity contribution in [2.24, 2.45) is 0 Å². The zero-order chi connectivity index (χ0) is 28.4.